The van der Waals surface area contributed by atoms with Gasteiger partial charge in [-0.1, -0.05) is 0 Å². The Bertz CT molecular complexity index is 2620. The highest BCUT2D eigenvalue weighted by molar-refractivity contribution is 5.78. The summed E-state index contributed by atoms with van der Waals surface area (Å²) in [5.41, 5.74) is 0.826. The van der Waals surface area contributed by atoms with E-state index < -0.39 is 52.4 Å². The molecule has 64 heavy (non-hydrogen) atoms. The van der Waals surface area contributed by atoms with E-state index in [1.165, 1.54) is 6.20 Å². The van der Waals surface area contributed by atoms with Crippen LogP contribution in [0.5, 0.6) is 0 Å². The van der Waals surface area contributed by atoms with Crippen LogP contribution in [0.1, 0.15) is 77.7 Å². The Balaban J connectivity index is 0.000000164. The molecule has 2 aromatic carbocycles. The number of anilines is 6. The van der Waals surface area contributed by atoms with Gasteiger partial charge < -0.3 is 41.0 Å². The van der Waals surface area contributed by atoms with Crippen LogP contribution in [-0.2, 0) is 9.47 Å². The molecule has 2 unspecified atom stereocenters. The summed E-state index contributed by atoms with van der Waals surface area (Å²) in [4.78, 5) is 26.7. The Morgan fingerprint density at radius 2 is 0.969 bits per heavy atom. The third kappa shape index (κ3) is 9.49. The molecule has 2 atom stereocenters. The molecule has 22 heteroatoms. The van der Waals surface area contributed by atoms with Crippen LogP contribution in [0.15, 0.2) is 36.7 Å². The SMILES string of the molecule is OC1CCC(Nc2ncc3nc(Nc4c(F)cc(F)cc4F)n(C4CCOC4)c3n2)CC1.[2H]C1(O)CCC(Nc2ncc3nc(Nc4c(F)cc(F)cc4F)n(C4CCOC4)c3n2)CC1. The van der Waals surface area contributed by atoms with Gasteiger partial charge in [0.05, 0.1) is 51.2 Å². The van der Waals surface area contributed by atoms with Crippen molar-refractivity contribution in [2.75, 3.05) is 47.7 Å². The molecule has 6 heterocycles. The molecule has 0 radical (unpaired) electrons. The van der Waals surface area contributed by atoms with E-state index in [0.717, 1.165) is 25.7 Å². The van der Waals surface area contributed by atoms with Gasteiger partial charge in [0.2, 0.25) is 23.8 Å². The van der Waals surface area contributed by atoms with E-state index >= 15 is 0 Å². The van der Waals surface area contributed by atoms with Crippen molar-refractivity contribution in [2.24, 2.45) is 0 Å². The maximum atomic E-state index is 14.3. The van der Waals surface area contributed by atoms with Crippen molar-refractivity contribution in [3.63, 3.8) is 0 Å². The van der Waals surface area contributed by atoms with Gasteiger partial charge in [0.25, 0.3) is 0 Å². The van der Waals surface area contributed by atoms with Crippen molar-refractivity contribution in [3.8, 4) is 0 Å². The van der Waals surface area contributed by atoms with Gasteiger partial charge in [-0.15, -0.1) is 0 Å². The number of hydrogen-bond donors (Lipinski definition) is 6. The molecule has 16 nitrogen and oxygen atoms in total. The van der Waals surface area contributed by atoms with Crippen LogP contribution in [0.4, 0.5) is 61.5 Å². The number of ether oxygens (including phenoxy) is 2. The standard InChI is InChI=1S/2C21H23F3N6O2/c2*22-11-7-15(23)18(16(24)8-11)28-21-27-17-9-25-20(26-12-1-3-14(31)4-2-12)29-19(17)30(21)13-5-6-32-10-13/h2*7-9,12-14,31H,1-6,10H2,(H,27,28)(H,25,26,29)/i14D;. The lowest BCUT2D eigenvalue weighted by atomic mass is 9.93. The topological polar surface area (TPSA) is 194 Å². The Morgan fingerprint density at radius 3 is 1.36 bits per heavy atom. The van der Waals surface area contributed by atoms with Crippen LogP contribution in [0.25, 0.3) is 22.3 Å². The summed E-state index contributed by atoms with van der Waals surface area (Å²) in [6.45, 7) is 1.86. The molecule has 4 aliphatic rings. The van der Waals surface area contributed by atoms with Gasteiger partial charge in [0.15, 0.2) is 34.6 Å². The highest BCUT2D eigenvalue weighted by atomic mass is 19.2. The predicted octanol–water partition coefficient (Wildman–Crippen LogP) is 7.33. The molecule has 6 aromatic rings. The number of aliphatic hydroxyl groups excluding tert-OH is 1. The summed E-state index contributed by atoms with van der Waals surface area (Å²) in [6.07, 6.45) is 7.74. The third-order valence-electron chi connectivity index (χ3n) is 11.8. The largest absolute Gasteiger partial charge is 0.393 e. The number of aromatic nitrogens is 8. The first-order valence-corrected chi connectivity index (χ1v) is 21.2. The monoisotopic (exact) mass is 897 g/mol. The van der Waals surface area contributed by atoms with E-state index in [1.807, 2.05) is 0 Å². The van der Waals surface area contributed by atoms with Gasteiger partial charge in [0.1, 0.15) is 34.0 Å². The van der Waals surface area contributed by atoms with Gasteiger partial charge in [-0.2, -0.15) is 9.97 Å². The average Bonchev–Trinajstić information content (AvgIpc) is 4.09. The minimum atomic E-state index is -1.39. The van der Waals surface area contributed by atoms with Gasteiger partial charge in [-0.3, -0.25) is 9.13 Å². The number of aliphatic hydroxyl groups is 2. The van der Waals surface area contributed by atoms with E-state index in [9.17, 15) is 36.6 Å². The molecule has 4 fully saturated rings. The van der Waals surface area contributed by atoms with Crippen LogP contribution in [0.3, 0.4) is 0 Å². The van der Waals surface area contributed by atoms with E-state index in [1.54, 1.807) is 15.3 Å². The first-order chi connectivity index (χ1) is 31.3. The number of nitrogens with zero attached hydrogens (tertiary/aromatic N) is 8. The zero-order valence-corrected chi connectivity index (χ0v) is 34.3. The molecule has 2 saturated heterocycles. The van der Waals surface area contributed by atoms with Gasteiger partial charge in [-0.05, 0) is 64.2 Å². The molecule has 6 N–H and O–H groups in total. The summed E-state index contributed by atoms with van der Waals surface area (Å²) in [6, 6.07) is 2.28. The summed E-state index contributed by atoms with van der Waals surface area (Å²) in [7, 11) is 0. The third-order valence-corrected chi connectivity index (χ3v) is 11.8. The van der Waals surface area contributed by atoms with Crippen molar-refractivity contribution in [1.29, 1.82) is 0 Å². The lowest BCUT2D eigenvalue weighted by Gasteiger charge is -2.26. The molecule has 2 aliphatic carbocycles. The quantitative estimate of drug-likeness (QED) is 0.0749. The molecule has 0 bridgehead atoms. The number of nitrogens with one attached hydrogen (secondary N) is 4. The smallest absolute Gasteiger partial charge is 0.224 e. The molecule has 2 saturated carbocycles. The number of benzene rings is 2. The van der Waals surface area contributed by atoms with Crippen molar-refractivity contribution in [1.82, 2.24) is 39.0 Å². The fourth-order valence-electron chi connectivity index (χ4n) is 8.47. The number of hydrogen-bond acceptors (Lipinski definition) is 14. The second kappa shape index (κ2) is 18.7. The Kier molecular flexibility index (Phi) is 12.3. The van der Waals surface area contributed by atoms with E-state index in [4.69, 9.17) is 10.8 Å². The zero-order chi connectivity index (χ0) is 45.4. The second-order valence-corrected chi connectivity index (χ2v) is 16.3. The fraction of sp³-hybridized carbons (Fsp3) is 0.476. The van der Waals surface area contributed by atoms with Crippen molar-refractivity contribution < 1.29 is 47.4 Å². The zero-order valence-electron chi connectivity index (χ0n) is 35.3. The molecule has 10 rings (SSSR count). The molecule has 0 amide bonds. The number of fused-ring (bicyclic) bond motifs is 2. The lowest BCUT2D eigenvalue weighted by molar-refractivity contribution is 0.125. The maximum absolute atomic E-state index is 14.3. The number of halogens is 6. The minimum Gasteiger partial charge on any atom is -0.393 e. The summed E-state index contributed by atoms with van der Waals surface area (Å²) < 4.78 is 106. The van der Waals surface area contributed by atoms with Crippen molar-refractivity contribution >= 4 is 57.5 Å². The molecular weight excluding hydrogens is 851 g/mol. The Labute approximate surface area is 363 Å². The second-order valence-electron chi connectivity index (χ2n) is 16.3. The molecule has 340 valence electrons. The first kappa shape index (κ1) is 42.1. The fourth-order valence-corrected chi connectivity index (χ4v) is 8.47. The predicted molar refractivity (Wildman–Crippen MR) is 223 cm³/mol. The van der Waals surface area contributed by atoms with Gasteiger partial charge in [-0.25, -0.2) is 46.3 Å². The normalized spacial score (nSPS) is 24.9. The van der Waals surface area contributed by atoms with E-state index in [2.05, 4.69) is 51.2 Å². The van der Waals surface area contributed by atoms with Crippen LogP contribution < -0.4 is 21.3 Å². The summed E-state index contributed by atoms with van der Waals surface area (Å²) in [5.74, 6) is -5.18. The van der Waals surface area contributed by atoms with Crippen LogP contribution in [0, 0.1) is 34.9 Å². The number of rotatable bonds is 10. The Morgan fingerprint density at radius 1 is 0.562 bits per heavy atom. The minimum absolute atomic E-state index is 0.0132. The average molecular weight is 898 g/mol. The van der Waals surface area contributed by atoms with Gasteiger partial charge >= 0.3 is 0 Å². The van der Waals surface area contributed by atoms with Crippen molar-refractivity contribution in [2.45, 2.75) is 101 Å². The molecular formula is C42H46F6N12O4. The van der Waals surface area contributed by atoms with Crippen LogP contribution in [0.2, 0.25) is 0 Å². The highest BCUT2D eigenvalue weighted by Gasteiger charge is 2.29. The summed E-state index contributed by atoms with van der Waals surface area (Å²) in [5, 5.41) is 31.4. The lowest BCUT2D eigenvalue weighted by Crippen LogP contribution is -2.29. The molecule has 4 aromatic heterocycles. The summed E-state index contributed by atoms with van der Waals surface area (Å²) >= 11 is 0. The highest BCUT2D eigenvalue weighted by Crippen LogP contribution is 2.35. The van der Waals surface area contributed by atoms with Crippen molar-refractivity contribution in [3.05, 3.63) is 71.6 Å². The molecule has 2 aliphatic heterocycles. The number of imidazole rings is 2. The van der Waals surface area contributed by atoms with E-state index in [-0.39, 0.29) is 42.2 Å². The maximum Gasteiger partial charge on any atom is 0.224 e. The van der Waals surface area contributed by atoms with Gasteiger partial charge in [0, 0.05) is 49.6 Å². The first-order valence-electron chi connectivity index (χ1n) is 21.7. The molecule has 0 spiro atoms. The van der Waals surface area contributed by atoms with E-state index in [0.29, 0.717) is 123 Å². The van der Waals surface area contributed by atoms with Crippen LogP contribution in [-0.4, -0.2) is 99.9 Å². The Hall–Kier alpha value is -5.84. The van der Waals surface area contributed by atoms with Crippen LogP contribution >= 0.6 is 0 Å².